The Labute approximate surface area is 131 Å². The smallest absolute Gasteiger partial charge is 0.271 e. The minimum Gasteiger partial charge on any atom is -0.325 e. The number of rotatable bonds is 4. The van der Waals surface area contributed by atoms with Gasteiger partial charge in [-0.05, 0) is 26.3 Å². The van der Waals surface area contributed by atoms with Gasteiger partial charge in [0.15, 0.2) is 0 Å². The zero-order chi connectivity index (χ0) is 17.1. The topological polar surface area (TPSA) is 118 Å². The highest BCUT2D eigenvalue weighted by atomic mass is 16.6. The number of aromatic amines is 1. The van der Waals surface area contributed by atoms with Gasteiger partial charge in [-0.1, -0.05) is 6.07 Å². The molecule has 23 heavy (non-hydrogen) atoms. The van der Waals surface area contributed by atoms with Crippen molar-refractivity contribution in [3.8, 4) is 0 Å². The molecule has 120 valence electrons. The van der Waals surface area contributed by atoms with E-state index in [1.807, 2.05) is 0 Å². The van der Waals surface area contributed by atoms with Gasteiger partial charge in [0.25, 0.3) is 11.2 Å². The molecule has 0 aliphatic heterocycles. The van der Waals surface area contributed by atoms with Crippen molar-refractivity contribution < 1.29 is 9.72 Å². The van der Waals surface area contributed by atoms with Crippen LogP contribution in [0.2, 0.25) is 0 Å². The lowest BCUT2D eigenvalue weighted by Crippen LogP contribution is -2.24. The van der Waals surface area contributed by atoms with Crippen LogP contribution < -0.4 is 10.9 Å². The standard InChI is InChI=1S/C15H16N4O4/c1-8-4-5-11(19(22)23)6-13(8)18-14(20)7-12-9(2)16-10(3)17-15(12)21/h4-6H,7H2,1-3H3,(H,18,20)(H,16,17,21). The molecule has 1 amide bonds. The number of amides is 1. The molecule has 1 aromatic carbocycles. The molecule has 0 saturated heterocycles. The van der Waals surface area contributed by atoms with Gasteiger partial charge in [0.1, 0.15) is 5.82 Å². The number of aromatic nitrogens is 2. The predicted molar refractivity (Wildman–Crippen MR) is 84.5 cm³/mol. The number of hydrogen-bond donors (Lipinski definition) is 2. The molecule has 1 heterocycles. The van der Waals surface area contributed by atoms with E-state index in [4.69, 9.17) is 0 Å². The van der Waals surface area contributed by atoms with Crippen molar-refractivity contribution >= 4 is 17.3 Å². The molecular formula is C15H16N4O4. The second-order valence-electron chi connectivity index (χ2n) is 5.20. The van der Waals surface area contributed by atoms with Crippen molar-refractivity contribution in [2.45, 2.75) is 27.2 Å². The lowest BCUT2D eigenvalue weighted by molar-refractivity contribution is -0.384. The van der Waals surface area contributed by atoms with Gasteiger partial charge < -0.3 is 10.3 Å². The Kier molecular flexibility index (Phi) is 4.54. The van der Waals surface area contributed by atoms with E-state index in [0.29, 0.717) is 22.8 Å². The number of aryl methyl sites for hydroxylation is 3. The number of anilines is 1. The van der Waals surface area contributed by atoms with Crippen LogP contribution in [0, 0.1) is 30.9 Å². The van der Waals surface area contributed by atoms with Crippen molar-refractivity contribution in [3.05, 3.63) is 61.3 Å². The maximum atomic E-state index is 12.1. The fourth-order valence-corrected chi connectivity index (χ4v) is 2.17. The summed E-state index contributed by atoms with van der Waals surface area (Å²) in [6, 6.07) is 4.21. The summed E-state index contributed by atoms with van der Waals surface area (Å²) in [6.45, 7) is 5.04. The summed E-state index contributed by atoms with van der Waals surface area (Å²) in [6.07, 6.45) is -0.156. The van der Waals surface area contributed by atoms with E-state index in [0.717, 1.165) is 0 Å². The van der Waals surface area contributed by atoms with Crippen LogP contribution in [0.5, 0.6) is 0 Å². The van der Waals surface area contributed by atoms with E-state index in [1.54, 1.807) is 26.8 Å². The Bertz CT molecular complexity index is 842. The van der Waals surface area contributed by atoms with Gasteiger partial charge in [0.05, 0.1) is 17.0 Å². The zero-order valence-corrected chi connectivity index (χ0v) is 13.0. The molecule has 0 aliphatic carbocycles. The van der Waals surface area contributed by atoms with Crippen LogP contribution in [0.15, 0.2) is 23.0 Å². The number of nitrogens with one attached hydrogen (secondary N) is 2. The Balaban J connectivity index is 2.22. The molecule has 1 aromatic heterocycles. The zero-order valence-electron chi connectivity index (χ0n) is 13.0. The number of carbonyl (C=O) groups is 1. The van der Waals surface area contributed by atoms with Gasteiger partial charge in [0, 0.05) is 23.4 Å². The second-order valence-corrected chi connectivity index (χ2v) is 5.20. The minimum atomic E-state index is -0.534. The minimum absolute atomic E-state index is 0.114. The quantitative estimate of drug-likeness (QED) is 0.658. The van der Waals surface area contributed by atoms with Crippen molar-refractivity contribution in [2.24, 2.45) is 0 Å². The largest absolute Gasteiger partial charge is 0.325 e. The summed E-state index contributed by atoms with van der Waals surface area (Å²) < 4.78 is 0. The third-order valence-corrected chi connectivity index (χ3v) is 3.38. The fraction of sp³-hybridized carbons (Fsp3) is 0.267. The number of hydrogen-bond acceptors (Lipinski definition) is 5. The van der Waals surface area contributed by atoms with Crippen molar-refractivity contribution in [1.82, 2.24) is 9.97 Å². The Morgan fingerprint density at radius 2 is 2.04 bits per heavy atom. The molecule has 2 aromatic rings. The van der Waals surface area contributed by atoms with E-state index >= 15 is 0 Å². The van der Waals surface area contributed by atoms with Crippen LogP contribution in [-0.2, 0) is 11.2 Å². The molecular weight excluding hydrogens is 300 g/mol. The molecule has 0 radical (unpaired) electrons. The fourth-order valence-electron chi connectivity index (χ4n) is 2.17. The normalized spacial score (nSPS) is 10.4. The lowest BCUT2D eigenvalue weighted by Gasteiger charge is -2.09. The van der Waals surface area contributed by atoms with Gasteiger partial charge in [0.2, 0.25) is 5.91 Å². The predicted octanol–water partition coefficient (Wildman–Crippen LogP) is 1.78. The summed E-state index contributed by atoms with van der Waals surface area (Å²) in [5.74, 6) is 0.0408. The van der Waals surface area contributed by atoms with E-state index in [1.165, 1.54) is 12.1 Å². The SMILES string of the molecule is Cc1nc(C)c(CC(=O)Nc2cc([N+](=O)[O-])ccc2C)c(=O)[nH]1. The number of nitro groups is 1. The molecule has 8 nitrogen and oxygen atoms in total. The van der Waals surface area contributed by atoms with Crippen LogP contribution in [0.1, 0.15) is 22.6 Å². The third kappa shape index (κ3) is 3.79. The summed E-state index contributed by atoms with van der Waals surface area (Å²) in [5.41, 5.74) is 1.32. The highest BCUT2D eigenvalue weighted by Crippen LogP contribution is 2.22. The number of benzene rings is 1. The summed E-state index contributed by atoms with van der Waals surface area (Å²) >= 11 is 0. The summed E-state index contributed by atoms with van der Waals surface area (Å²) in [5, 5.41) is 13.4. The number of non-ortho nitro benzene ring substituents is 1. The molecule has 2 N–H and O–H groups in total. The van der Waals surface area contributed by atoms with Crippen LogP contribution in [-0.4, -0.2) is 20.8 Å². The average molecular weight is 316 g/mol. The second kappa shape index (κ2) is 6.39. The molecule has 2 rings (SSSR count). The van der Waals surface area contributed by atoms with Crippen molar-refractivity contribution in [2.75, 3.05) is 5.32 Å². The molecule has 8 heteroatoms. The third-order valence-electron chi connectivity index (χ3n) is 3.38. The van der Waals surface area contributed by atoms with E-state index in [2.05, 4.69) is 15.3 Å². The monoisotopic (exact) mass is 316 g/mol. The van der Waals surface area contributed by atoms with Gasteiger partial charge in [-0.25, -0.2) is 4.98 Å². The highest BCUT2D eigenvalue weighted by Gasteiger charge is 2.14. The first-order chi connectivity index (χ1) is 10.8. The first kappa shape index (κ1) is 16.3. The van der Waals surface area contributed by atoms with Gasteiger partial charge >= 0.3 is 0 Å². The van der Waals surface area contributed by atoms with Crippen molar-refractivity contribution in [3.63, 3.8) is 0 Å². The number of nitro benzene ring substituents is 1. The van der Waals surface area contributed by atoms with Gasteiger partial charge in [-0.3, -0.25) is 19.7 Å². The highest BCUT2D eigenvalue weighted by molar-refractivity contribution is 5.93. The molecule has 0 spiro atoms. The van der Waals surface area contributed by atoms with Gasteiger partial charge in [-0.15, -0.1) is 0 Å². The van der Waals surface area contributed by atoms with Crippen LogP contribution >= 0.6 is 0 Å². The Morgan fingerprint density at radius 3 is 2.65 bits per heavy atom. The average Bonchev–Trinajstić information content (AvgIpc) is 2.45. The molecule has 0 unspecified atom stereocenters. The maximum Gasteiger partial charge on any atom is 0.271 e. The Hall–Kier alpha value is -3.03. The summed E-state index contributed by atoms with van der Waals surface area (Å²) in [4.78, 5) is 41.0. The molecule has 0 atom stereocenters. The van der Waals surface area contributed by atoms with E-state index in [-0.39, 0.29) is 23.2 Å². The number of H-pyrrole nitrogens is 1. The Morgan fingerprint density at radius 1 is 1.35 bits per heavy atom. The molecule has 0 saturated carbocycles. The number of carbonyl (C=O) groups excluding carboxylic acids is 1. The molecule has 0 bridgehead atoms. The molecule has 0 aliphatic rings. The van der Waals surface area contributed by atoms with Crippen molar-refractivity contribution in [1.29, 1.82) is 0 Å². The van der Waals surface area contributed by atoms with Gasteiger partial charge in [-0.2, -0.15) is 0 Å². The number of nitrogens with zero attached hydrogens (tertiary/aromatic N) is 2. The van der Waals surface area contributed by atoms with E-state index in [9.17, 15) is 19.7 Å². The van der Waals surface area contributed by atoms with Crippen LogP contribution in [0.4, 0.5) is 11.4 Å². The molecule has 0 fully saturated rings. The first-order valence-corrected chi connectivity index (χ1v) is 6.89. The summed E-state index contributed by atoms with van der Waals surface area (Å²) in [7, 11) is 0. The van der Waals surface area contributed by atoms with Crippen LogP contribution in [0.25, 0.3) is 0 Å². The first-order valence-electron chi connectivity index (χ1n) is 6.89. The van der Waals surface area contributed by atoms with Crippen LogP contribution in [0.3, 0.4) is 0 Å². The van der Waals surface area contributed by atoms with E-state index < -0.39 is 10.8 Å². The lowest BCUT2D eigenvalue weighted by atomic mass is 10.1. The maximum absolute atomic E-state index is 12.1.